The van der Waals surface area contributed by atoms with Crippen molar-refractivity contribution < 1.29 is 9.47 Å². The molecule has 0 spiro atoms. The average molecular weight is 400 g/mol. The van der Waals surface area contributed by atoms with Crippen LogP contribution in [0.1, 0.15) is 12.5 Å². The van der Waals surface area contributed by atoms with Crippen molar-refractivity contribution in [1.29, 1.82) is 0 Å². The van der Waals surface area contributed by atoms with Gasteiger partial charge in [0.05, 0.1) is 20.4 Å². The lowest BCUT2D eigenvalue weighted by Crippen LogP contribution is -2.22. The summed E-state index contributed by atoms with van der Waals surface area (Å²) in [5, 5.41) is 4.69. The zero-order valence-electron chi connectivity index (χ0n) is 16.6. The molecular weight excluding hydrogens is 374 g/mol. The Hall–Kier alpha value is -2.71. The fourth-order valence-electron chi connectivity index (χ4n) is 3.01. The Balaban J connectivity index is 1.75. The molecule has 0 radical (unpaired) electrons. The quantitative estimate of drug-likeness (QED) is 0.540. The van der Waals surface area contributed by atoms with Crippen molar-refractivity contribution in [2.24, 2.45) is 7.05 Å². The molecule has 0 saturated carbocycles. The highest BCUT2D eigenvalue weighted by Crippen LogP contribution is 2.28. The van der Waals surface area contributed by atoms with Crippen molar-refractivity contribution >= 4 is 12.2 Å². The van der Waals surface area contributed by atoms with Gasteiger partial charge in [0.1, 0.15) is 0 Å². The Bertz CT molecular complexity index is 984. The molecule has 0 saturated heterocycles. The third-order valence-electron chi connectivity index (χ3n) is 4.34. The molecule has 3 aromatic rings. The van der Waals surface area contributed by atoms with Crippen LogP contribution in [-0.2, 0) is 20.3 Å². The zero-order chi connectivity index (χ0) is 20.1. The molecule has 0 unspecified atom stereocenters. The smallest absolute Gasteiger partial charge is 0.199 e. The third kappa shape index (κ3) is 4.40. The predicted octanol–water partition coefficient (Wildman–Crippen LogP) is 3.51. The lowest BCUT2D eigenvalue weighted by atomic mass is 10.2. The van der Waals surface area contributed by atoms with E-state index in [9.17, 15) is 0 Å². The highest BCUT2D eigenvalue weighted by molar-refractivity contribution is 7.71. The maximum Gasteiger partial charge on any atom is 0.199 e. The molecule has 2 heterocycles. The van der Waals surface area contributed by atoms with E-state index in [1.54, 1.807) is 19.5 Å². The molecule has 0 aliphatic heterocycles. The van der Waals surface area contributed by atoms with Gasteiger partial charge in [0.25, 0.3) is 0 Å². The van der Waals surface area contributed by atoms with Crippen LogP contribution in [0.15, 0.2) is 42.7 Å². The second-order valence-electron chi connectivity index (χ2n) is 6.47. The van der Waals surface area contributed by atoms with E-state index in [2.05, 4.69) is 9.88 Å². The second kappa shape index (κ2) is 8.99. The molecule has 0 aliphatic rings. The van der Waals surface area contributed by atoms with Gasteiger partial charge in [0.15, 0.2) is 22.1 Å². The highest BCUT2D eigenvalue weighted by atomic mass is 32.1. The molecule has 0 N–H and O–H groups in total. The molecule has 148 valence electrons. The van der Waals surface area contributed by atoms with Crippen LogP contribution < -0.4 is 9.47 Å². The molecule has 8 heteroatoms. The molecule has 0 aliphatic carbocycles. The predicted molar refractivity (Wildman–Crippen MR) is 111 cm³/mol. The first-order chi connectivity index (χ1) is 13.5. The number of hydrogen-bond donors (Lipinski definition) is 0. The van der Waals surface area contributed by atoms with Gasteiger partial charge in [0, 0.05) is 31.5 Å². The minimum Gasteiger partial charge on any atom is -0.493 e. The lowest BCUT2D eigenvalue weighted by molar-refractivity contribution is 0.243. The van der Waals surface area contributed by atoms with Crippen molar-refractivity contribution in [1.82, 2.24) is 24.2 Å². The van der Waals surface area contributed by atoms with Gasteiger partial charge in [-0.2, -0.15) is 5.10 Å². The van der Waals surface area contributed by atoms with Crippen LogP contribution in [-0.4, -0.2) is 45.0 Å². The number of rotatable bonds is 8. The van der Waals surface area contributed by atoms with E-state index in [1.165, 1.54) is 0 Å². The SMILES string of the molecule is CCOc1ccc(CN(C)Cn2nc(-c3ccncc3)n(C)c2=S)cc1OC. The van der Waals surface area contributed by atoms with Crippen LogP contribution in [0, 0.1) is 4.77 Å². The number of ether oxygens (including phenoxy) is 2. The molecule has 3 rings (SSSR count). The average Bonchev–Trinajstić information content (AvgIpc) is 2.98. The molecule has 0 fully saturated rings. The normalized spacial score (nSPS) is 11.0. The summed E-state index contributed by atoms with van der Waals surface area (Å²) in [6, 6.07) is 9.85. The number of pyridine rings is 1. The van der Waals surface area contributed by atoms with Gasteiger partial charge in [0.2, 0.25) is 0 Å². The molecule has 7 nitrogen and oxygen atoms in total. The second-order valence-corrected chi connectivity index (χ2v) is 6.84. The van der Waals surface area contributed by atoms with Gasteiger partial charge < -0.3 is 14.0 Å². The molecule has 28 heavy (non-hydrogen) atoms. The van der Waals surface area contributed by atoms with E-state index in [4.69, 9.17) is 26.8 Å². The summed E-state index contributed by atoms with van der Waals surface area (Å²) in [7, 11) is 5.61. The maximum atomic E-state index is 5.58. The summed E-state index contributed by atoms with van der Waals surface area (Å²) in [6.45, 7) is 3.87. The van der Waals surface area contributed by atoms with Gasteiger partial charge >= 0.3 is 0 Å². The maximum absolute atomic E-state index is 5.58. The molecular formula is C20H25N5O2S. The number of nitrogens with zero attached hydrogens (tertiary/aromatic N) is 5. The Morgan fingerprint density at radius 1 is 1.14 bits per heavy atom. The van der Waals surface area contributed by atoms with Gasteiger partial charge in [-0.05, 0) is 56.0 Å². The van der Waals surface area contributed by atoms with Gasteiger partial charge in [-0.1, -0.05) is 6.07 Å². The van der Waals surface area contributed by atoms with E-state index in [0.29, 0.717) is 18.0 Å². The van der Waals surface area contributed by atoms with Crippen molar-refractivity contribution in [3.8, 4) is 22.9 Å². The third-order valence-corrected chi connectivity index (χ3v) is 4.82. The Labute approximate surface area is 170 Å². The summed E-state index contributed by atoms with van der Waals surface area (Å²) < 4.78 is 15.4. The van der Waals surface area contributed by atoms with Crippen molar-refractivity contribution in [2.75, 3.05) is 20.8 Å². The summed E-state index contributed by atoms with van der Waals surface area (Å²) in [5.74, 6) is 2.32. The Morgan fingerprint density at radius 3 is 2.57 bits per heavy atom. The zero-order valence-corrected chi connectivity index (χ0v) is 17.4. The van der Waals surface area contributed by atoms with Crippen LogP contribution in [0.5, 0.6) is 11.5 Å². The molecule has 0 atom stereocenters. The van der Waals surface area contributed by atoms with Crippen molar-refractivity contribution in [2.45, 2.75) is 20.1 Å². The first-order valence-electron chi connectivity index (χ1n) is 9.06. The van der Waals surface area contributed by atoms with Crippen LogP contribution >= 0.6 is 12.2 Å². The minimum atomic E-state index is 0.577. The summed E-state index contributed by atoms with van der Waals surface area (Å²) >= 11 is 5.57. The first-order valence-corrected chi connectivity index (χ1v) is 9.46. The molecule has 0 bridgehead atoms. The van der Waals surface area contributed by atoms with Crippen molar-refractivity contribution in [3.63, 3.8) is 0 Å². The lowest BCUT2D eigenvalue weighted by Gasteiger charge is -2.18. The Kier molecular flexibility index (Phi) is 6.43. The van der Waals surface area contributed by atoms with E-state index >= 15 is 0 Å². The van der Waals surface area contributed by atoms with Gasteiger partial charge in [-0.15, -0.1) is 0 Å². The highest BCUT2D eigenvalue weighted by Gasteiger charge is 2.12. The Morgan fingerprint density at radius 2 is 1.89 bits per heavy atom. The minimum absolute atomic E-state index is 0.577. The van der Waals surface area contributed by atoms with Crippen LogP contribution in [0.25, 0.3) is 11.4 Å². The topological polar surface area (TPSA) is 57.3 Å². The van der Waals surface area contributed by atoms with E-state index < -0.39 is 0 Å². The van der Waals surface area contributed by atoms with Gasteiger partial charge in [-0.25, -0.2) is 4.68 Å². The molecule has 0 amide bonds. The summed E-state index contributed by atoms with van der Waals surface area (Å²) in [5.41, 5.74) is 2.11. The van der Waals surface area contributed by atoms with Crippen LogP contribution in [0.3, 0.4) is 0 Å². The summed E-state index contributed by atoms with van der Waals surface area (Å²) in [4.78, 5) is 6.21. The molecule has 1 aromatic carbocycles. The van der Waals surface area contributed by atoms with E-state index in [0.717, 1.165) is 35.0 Å². The largest absolute Gasteiger partial charge is 0.493 e. The molecule has 2 aromatic heterocycles. The number of methoxy groups -OCH3 is 1. The number of aromatic nitrogens is 4. The summed E-state index contributed by atoms with van der Waals surface area (Å²) in [6.07, 6.45) is 3.51. The van der Waals surface area contributed by atoms with E-state index in [1.807, 2.05) is 60.6 Å². The number of hydrogen-bond acceptors (Lipinski definition) is 6. The van der Waals surface area contributed by atoms with E-state index in [-0.39, 0.29) is 0 Å². The monoisotopic (exact) mass is 399 g/mol. The fraction of sp³-hybridized carbons (Fsp3) is 0.350. The van der Waals surface area contributed by atoms with Crippen LogP contribution in [0.4, 0.5) is 0 Å². The first kappa shape index (κ1) is 20.0. The van der Waals surface area contributed by atoms with Gasteiger partial charge in [-0.3, -0.25) is 9.88 Å². The van der Waals surface area contributed by atoms with Crippen LogP contribution in [0.2, 0.25) is 0 Å². The fourth-order valence-corrected chi connectivity index (χ4v) is 3.19. The van der Waals surface area contributed by atoms with Crippen molar-refractivity contribution in [3.05, 3.63) is 53.1 Å². The number of benzene rings is 1. The standard InChI is InChI=1S/C20H25N5O2S/c1-5-27-17-7-6-15(12-18(17)26-4)13-23(2)14-25-20(28)24(3)19(22-25)16-8-10-21-11-9-16/h6-12H,5,13-14H2,1-4H3.